The number of nitrogens with one attached hydrogen (secondary N) is 1. The van der Waals surface area contributed by atoms with Crippen LogP contribution in [0.15, 0.2) is 78.2 Å². The van der Waals surface area contributed by atoms with Crippen molar-refractivity contribution in [3.05, 3.63) is 106 Å². The van der Waals surface area contributed by atoms with Crippen molar-refractivity contribution in [3.63, 3.8) is 0 Å². The highest BCUT2D eigenvalue weighted by Gasteiger charge is 2.31. The molecule has 0 aliphatic heterocycles. The summed E-state index contributed by atoms with van der Waals surface area (Å²) in [5, 5.41) is 14.8. The molecule has 0 radical (unpaired) electrons. The molecular formula is C34H37NO2S. The Bertz CT molecular complexity index is 1530. The van der Waals surface area contributed by atoms with Crippen molar-refractivity contribution in [1.29, 1.82) is 0 Å². The highest BCUT2D eigenvalue weighted by molar-refractivity contribution is 7.13. The van der Waals surface area contributed by atoms with Gasteiger partial charge in [0.2, 0.25) is 0 Å². The second-order valence-corrected chi connectivity index (χ2v) is 13.1. The van der Waals surface area contributed by atoms with Crippen LogP contribution in [-0.2, 0) is 10.8 Å². The molecule has 3 aromatic carbocycles. The van der Waals surface area contributed by atoms with Crippen LogP contribution in [0.2, 0.25) is 0 Å². The first-order valence-electron chi connectivity index (χ1n) is 13.2. The number of fused-ring (bicyclic) bond motifs is 1. The predicted molar refractivity (Wildman–Crippen MR) is 161 cm³/mol. The van der Waals surface area contributed by atoms with Crippen LogP contribution in [0, 0.1) is 0 Å². The first-order valence-corrected chi connectivity index (χ1v) is 14.0. The van der Waals surface area contributed by atoms with E-state index in [1.54, 1.807) is 18.4 Å². The summed E-state index contributed by atoms with van der Waals surface area (Å²) in [5.74, 6) is 1.18. The Balaban J connectivity index is 1.89. The van der Waals surface area contributed by atoms with Gasteiger partial charge >= 0.3 is 0 Å². The van der Waals surface area contributed by atoms with Crippen molar-refractivity contribution in [2.75, 3.05) is 7.11 Å². The zero-order valence-corrected chi connectivity index (χ0v) is 24.2. The fourth-order valence-corrected chi connectivity index (χ4v) is 6.11. The van der Waals surface area contributed by atoms with Crippen LogP contribution in [0.1, 0.15) is 75.3 Å². The number of H-pyrrole nitrogens is 1. The number of hydrogen-bond donors (Lipinski definition) is 2. The summed E-state index contributed by atoms with van der Waals surface area (Å²) in [7, 11) is 1.70. The topological polar surface area (TPSA) is 45.2 Å². The second kappa shape index (κ2) is 9.67. The summed E-state index contributed by atoms with van der Waals surface area (Å²) in [6, 6.07) is 25.7. The largest absolute Gasteiger partial charge is 0.507 e. The minimum absolute atomic E-state index is 0.0584. The van der Waals surface area contributed by atoms with E-state index in [4.69, 9.17) is 4.74 Å². The van der Waals surface area contributed by atoms with Crippen molar-refractivity contribution >= 4 is 22.2 Å². The lowest BCUT2D eigenvalue weighted by Gasteiger charge is -2.30. The number of methoxy groups -OCH3 is 1. The van der Waals surface area contributed by atoms with Crippen molar-refractivity contribution in [3.8, 4) is 22.1 Å². The maximum atomic E-state index is 11.5. The van der Waals surface area contributed by atoms with Gasteiger partial charge in [0.25, 0.3) is 0 Å². The van der Waals surface area contributed by atoms with Crippen LogP contribution in [0.3, 0.4) is 0 Å². The van der Waals surface area contributed by atoms with E-state index in [1.807, 2.05) is 12.1 Å². The van der Waals surface area contributed by atoms with Gasteiger partial charge in [-0.3, -0.25) is 0 Å². The summed E-state index contributed by atoms with van der Waals surface area (Å²) in [5.41, 5.74) is 7.36. The zero-order chi connectivity index (χ0) is 27.2. The Morgan fingerprint density at radius 2 is 1.42 bits per heavy atom. The Labute approximate surface area is 230 Å². The van der Waals surface area contributed by atoms with Gasteiger partial charge in [-0.2, -0.15) is 0 Å². The van der Waals surface area contributed by atoms with E-state index in [1.165, 1.54) is 27.0 Å². The maximum Gasteiger partial charge on any atom is 0.123 e. The van der Waals surface area contributed by atoms with Crippen LogP contribution >= 0.6 is 11.3 Å². The summed E-state index contributed by atoms with van der Waals surface area (Å²) in [6.45, 7) is 13.0. The van der Waals surface area contributed by atoms with Crippen LogP contribution in [0.4, 0.5) is 0 Å². The second-order valence-electron chi connectivity index (χ2n) is 12.1. The molecule has 5 rings (SSSR count). The number of aromatic nitrogens is 1. The lowest BCUT2D eigenvalue weighted by molar-refractivity contribution is 0.414. The van der Waals surface area contributed by atoms with Gasteiger partial charge in [-0.05, 0) is 68.3 Å². The summed E-state index contributed by atoms with van der Waals surface area (Å²) < 4.78 is 5.50. The van der Waals surface area contributed by atoms with E-state index in [0.29, 0.717) is 5.75 Å². The fraction of sp³-hybridized carbons (Fsp3) is 0.294. The van der Waals surface area contributed by atoms with Crippen LogP contribution in [-0.4, -0.2) is 17.2 Å². The van der Waals surface area contributed by atoms with E-state index >= 15 is 0 Å². The average molecular weight is 524 g/mol. The van der Waals surface area contributed by atoms with Crippen molar-refractivity contribution in [2.45, 2.75) is 58.3 Å². The number of hydrogen-bond acceptors (Lipinski definition) is 3. The monoisotopic (exact) mass is 523 g/mol. The molecule has 196 valence electrons. The van der Waals surface area contributed by atoms with E-state index in [-0.39, 0.29) is 16.7 Å². The van der Waals surface area contributed by atoms with E-state index < -0.39 is 0 Å². The lowest BCUT2D eigenvalue weighted by Crippen LogP contribution is -2.19. The molecule has 0 saturated carbocycles. The SMILES string of the molecule is COc1ccc(C(c2cc(C(C)(C)C)c(O)c(C(C)(C)C)c2)c2c(-c3cccs3)[nH]c3ccccc23)cc1. The Morgan fingerprint density at radius 1 is 0.789 bits per heavy atom. The third-order valence-electron chi connectivity index (χ3n) is 7.33. The molecule has 2 aromatic heterocycles. The highest BCUT2D eigenvalue weighted by Crippen LogP contribution is 2.47. The molecular weight excluding hydrogens is 486 g/mol. The standard InChI is InChI=1S/C34H37NO2S/c1-33(2,3)25-19-22(20-26(32(25)36)34(4,5)6)29(21-14-16-23(37-7)17-15-21)30-24-11-8-9-12-27(24)35-31(30)28-13-10-18-38-28/h8-20,29,35-36H,1-7H3. The quantitative estimate of drug-likeness (QED) is 0.241. The van der Waals surface area contributed by atoms with Gasteiger partial charge in [0.05, 0.1) is 17.7 Å². The number of para-hydroxylation sites is 1. The molecule has 0 spiro atoms. The third-order valence-corrected chi connectivity index (χ3v) is 8.22. The van der Waals surface area contributed by atoms with Gasteiger partial charge < -0.3 is 14.8 Å². The summed E-state index contributed by atoms with van der Waals surface area (Å²) in [4.78, 5) is 4.96. The average Bonchev–Trinajstić information content (AvgIpc) is 3.52. The van der Waals surface area contributed by atoms with Gasteiger partial charge in [-0.1, -0.05) is 90.1 Å². The number of benzene rings is 3. The molecule has 2 heterocycles. The predicted octanol–water partition coefficient (Wildman–Crippen LogP) is 9.39. The molecule has 0 saturated heterocycles. The number of rotatable bonds is 5. The molecule has 38 heavy (non-hydrogen) atoms. The van der Waals surface area contributed by atoms with Gasteiger partial charge in [0.1, 0.15) is 11.5 Å². The minimum Gasteiger partial charge on any atom is -0.507 e. The Morgan fingerprint density at radius 3 is 1.97 bits per heavy atom. The normalized spacial score (nSPS) is 13.1. The molecule has 1 unspecified atom stereocenters. The molecule has 0 fully saturated rings. The van der Waals surface area contributed by atoms with Gasteiger partial charge in [-0.25, -0.2) is 0 Å². The Hall–Kier alpha value is -3.50. The molecule has 0 amide bonds. The van der Waals surface area contributed by atoms with Crippen molar-refractivity contribution in [1.82, 2.24) is 4.98 Å². The molecule has 4 heteroatoms. The molecule has 0 bridgehead atoms. The van der Waals surface area contributed by atoms with Crippen LogP contribution in [0.25, 0.3) is 21.5 Å². The number of phenols is 1. The number of ether oxygens (including phenoxy) is 1. The third kappa shape index (κ3) is 4.74. The Kier molecular flexibility index (Phi) is 6.65. The van der Waals surface area contributed by atoms with Crippen molar-refractivity contribution in [2.24, 2.45) is 0 Å². The van der Waals surface area contributed by atoms with E-state index in [9.17, 15) is 5.11 Å². The van der Waals surface area contributed by atoms with Crippen LogP contribution < -0.4 is 4.74 Å². The van der Waals surface area contributed by atoms with Gasteiger partial charge in [0.15, 0.2) is 0 Å². The smallest absolute Gasteiger partial charge is 0.123 e. The highest BCUT2D eigenvalue weighted by atomic mass is 32.1. The zero-order valence-electron chi connectivity index (χ0n) is 23.3. The van der Waals surface area contributed by atoms with Gasteiger partial charge in [-0.15, -0.1) is 11.3 Å². The van der Waals surface area contributed by atoms with Crippen LogP contribution in [0.5, 0.6) is 11.5 Å². The number of aromatic amines is 1. The van der Waals surface area contributed by atoms with E-state index in [0.717, 1.165) is 28.1 Å². The first kappa shape index (κ1) is 26.1. The lowest BCUT2D eigenvalue weighted by atomic mass is 9.74. The number of aromatic hydroxyl groups is 1. The summed E-state index contributed by atoms with van der Waals surface area (Å²) >= 11 is 1.75. The van der Waals surface area contributed by atoms with Gasteiger partial charge in [0, 0.05) is 16.8 Å². The maximum absolute atomic E-state index is 11.5. The first-order chi connectivity index (χ1) is 18.0. The van der Waals surface area contributed by atoms with E-state index in [2.05, 4.69) is 113 Å². The number of phenolic OH excluding ortho intramolecular Hbond substituents is 1. The summed E-state index contributed by atoms with van der Waals surface area (Å²) in [6.07, 6.45) is 0. The number of thiophene rings is 1. The fourth-order valence-electron chi connectivity index (χ4n) is 5.37. The molecule has 3 nitrogen and oxygen atoms in total. The molecule has 2 N–H and O–H groups in total. The molecule has 0 aliphatic rings. The molecule has 0 aliphatic carbocycles. The minimum atomic E-state index is -0.221. The van der Waals surface area contributed by atoms with Crippen molar-refractivity contribution < 1.29 is 9.84 Å². The molecule has 1 atom stereocenters. The molecule has 5 aromatic rings.